The number of hydrogen-bond acceptors (Lipinski definition) is 5. The van der Waals surface area contributed by atoms with Crippen molar-refractivity contribution in [3.63, 3.8) is 0 Å². The number of carbonyl (C=O) groups is 3. The number of cyclic esters (lactones) is 1. The van der Waals surface area contributed by atoms with E-state index < -0.39 is 16.9 Å². The Morgan fingerprint density at radius 2 is 2.00 bits per heavy atom. The van der Waals surface area contributed by atoms with Gasteiger partial charge in [0.1, 0.15) is 6.10 Å². The summed E-state index contributed by atoms with van der Waals surface area (Å²) < 4.78 is 11.8. The molecular formula is C23H29ClO5. The molecule has 7 atom stereocenters. The van der Waals surface area contributed by atoms with E-state index >= 15 is 0 Å². The number of ether oxygens (including phenoxy) is 2. The Hall–Kier alpha value is -1.36. The topological polar surface area (TPSA) is 69.7 Å². The average molecular weight is 421 g/mol. The second-order valence-corrected chi connectivity index (χ2v) is 10.6. The van der Waals surface area contributed by atoms with Crippen LogP contribution in [0.25, 0.3) is 0 Å². The summed E-state index contributed by atoms with van der Waals surface area (Å²) in [6, 6.07) is 0. The van der Waals surface area contributed by atoms with Crippen LogP contribution in [0.2, 0.25) is 0 Å². The van der Waals surface area contributed by atoms with Crippen molar-refractivity contribution in [2.75, 3.05) is 12.5 Å². The average Bonchev–Trinajstić information content (AvgIpc) is 2.69. The van der Waals surface area contributed by atoms with Gasteiger partial charge in [0.25, 0.3) is 0 Å². The summed E-state index contributed by atoms with van der Waals surface area (Å²) in [5.41, 5.74) is -0.931. The number of hydrogen-bond donors (Lipinski definition) is 0. The van der Waals surface area contributed by atoms with Crippen molar-refractivity contribution >= 4 is 29.3 Å². The van der Waals surface area contributed by atoms with E-state index in [4.69, 9.17) is 21.1 Å². The molecule has 4 bridgehead atoms. The zero-order chi connectivity index (χ0) is 20.6. The Balaban J connectivity index is 1.65. The zero-order valence-electron chi connectivity index (χ0n) is 17.0. The minimum Gasteiger partial charge on any atom is -0.465 e. The van der Waals surface area contributed by atoms with Crippen molar-refractivity contribution in [3.05, 3.63) is 12.2 Å². The molecule has 1 aliphatic heterocycles. The van der Waals surface area contributed by atoms with Gasteiger partial charge in [-0.2, -0.15) is 0 Å². The molecule has 29 heavy (non-hydrogen) atoms. The third-order valence-electron chi connectivity index (χ3n) is 9.19. The number of ketones is 1. The van der Waals surface area contributed by atoms with Crippen LogP contribution in [0.4, 0.5) is 0 Å². The lowest BCUT2D eigenvalue weighted by Crippen LogP contribution is -2.73. The standard InChI is InChI=1S/C23H29ClO5/c1-13-14-4-8-23(19(13)26)16(10-14)22-7-3-6-21(2,12-28-20(22)27)15(22)11-17(23)29-18(25)5-9-24/h14-17H,1,3-12H2,2H3/t14-,15?,16?,17+,21-,22?,23?/m0/s1. The molecule has 0 aromatic rings. The second-order valence-electron chi connectivity index (χ2n) is 10.2. The van der Waals surface area contributed by atoms with Crippen LogP contribution in [0.3, 0.4) is 0 Å². The fourth-order valence-electron chi connectivity index (χ4n) is 7.94. The first-order valence-corrected chi connectivity index (χ1v) is 11.5. The highest BCUT2D eigenvalue weighted by Gasteiger charge is 2.76. The van der Waals surface area contributed by atoms with Crippen LogP contribution in [0.15, 0.2) is 12.2 Å². The number of Topliss-reactive ketones (excluding diaryl/α,β-unsaturated/α-hetero) is 1. The molecule has 0 aromatic heterocycles. The van der Waals surface area contributed by atoms with Crippen molar-refractivity contribution in [3.8, 4) is 0 Å². The Morgan fingerprint density at radius 3 is 2.76 bits per heavy atom. The lowest BCUT2D eigenvalue weighted by molar-refractivity contribution is -0.257. The largest absolute Gasteiger partial charge is 0.465 e. The van der Waals surface area contributed by atoms with Crippen LogP contribution in [0.5, 0.6) is 0 Å². The van der Waals surface area contributed by atoms with Crippen LogP contribution in [-0.4, -0.2) is 36.3 Å². The maximum absolute atomic E-state index is 13.6. The van der Waals surface area contributed by atoms with Crippen molar-refractivity contribution in [2.45, 2.75) is 64.4 Å². The summed E-state index contributed by atoms with van der Waals surface area (Å²) in [4.78, 5) is 39.5. The SMILES string of the molecule is C=C1C(=O)C23CC[C@H]1CC2C12CCC[C@@](C)(COC1=O)C2C[C@H]3OC(=O)CCCl. The number of alkyl halides is 1. The molecule has 4 unspecified atom stereocenters. The van der Waals surface area contributed by atoms with E-state index in [0.29, 0.717) is 25.0 Å². The number of fused-ring (bicyclic) bond motifs is 2. The van der Waals surface area contributed by atoms with E-state index in [1.54, 1.807) is 0 Å². The third-order valence-corrected chi connectivity index (χ3v) is 9.38. The molecular weight excluding hydrogens is 392 g/mol. The van der Waals surface area contributed by atoms with Crippen LogP contribution < -0.4 is 0 Å². The smallest absolute Gasteiger partial charge is 0.312 e. The van der Waals surface area contributed by atoms with E-state index in [1.807, 2.05) is 0 Å². The zero-order valence-corrected chi connectivity index (χ0v) is 17.8. The number of rotatable bonds is 3. The van der Waals surface area contributed by atoms with Gasteiger partial charge in [0.2, 0.25) is 0 Å². The van der Waals surface area contributed by atoms with Gasteiger partial charge in [-0.25, -0.2) is 0 Å². The van der Waals surface area contributed by atoms with Crippen LogP contribution in [0.1, 0.15) is 58.3 Å². The van der Waals surface area contributed by atoms with Gasteiger partial charge in [-0.1, -0.05) is 19.9 Å². The summed E-state index contributed by atoms with van der Waals surface area (Å²) in [6.45, 7) is 6.73. The van der Waals surface area contributed by atoms with Gasteiger partial charge >= 0.3 is 11.9 Å². The van der Waals surface area contributed by atoms with Crippen molar-refractivity contribution in [1.82, 2.24) is 0 Å². The number of esters is 2. The highest BCUT2D eigenvalue weighted by Crippen LogP contribution is 2.73. The third kappa shape index (κ3) is 2.31. The maximum atomic E-state index is 13.6. The van der Waals surface area contributed by atoms with Gasteiger partial charge < -0.3 is 9.47 Å². The number of halogens is 1. The molecule has 5 saturated carbocycles. The van der Waals surface area contributed by atoms with E-state index in [2.05, 4.69) is 13.5 Å². The molecule has 5 nitrogen and oxygen atoms in total. The molecule has 0 amide bonds. The molecule has 158 valence electrons. The normalized spacial score (nSPS) is 47.9. The predicted molar refractivity (Wildman–Crippen MR) is 106 cm³/mol. The highest BCUT2D eigenvalue weighted by atomic mass is 35.5. The van der Waals surface area contributed by atoms with Gasteiger partial charge in [-0.3, -0.25) is 14.4 Å². The van der Waals surface area contributed by atoms with Crippen LogP contribution in [0, 0.1) is 34.0 Å². The molecule has 6 fully saturated rings. The fourth-order valence-corrected chi connectivity index (χ4v) is 8.09. The molecule has 0 aromatic carbocycles. The van der Waals surface area contributed by atoms with E-state index in [0.717, 1.165) is 32.1 Å². The first-order valence-electron chi connectivity index (χ1n) is 11.0. The monoisotopic (exact) mass is 420 g/mol. The maximum Gasteiger partial charge on any atom is 0.312 e. The minimum absolute atomic E-state index is 0.0205. The summed E-state index contributed by atoms with van der Waals surface area (Å²) in [6.07, 6.45) is 5.24. The van der Waals surface area contributed by atoms with E-state index in [-0.39, 0.29) is 53.2 Å². The predicted octanol–water partition coefficient (Wildman–Crippen LogP) is 3.82. The molecule has 0 radical (unpaired) electrons. The lowest BCUT2D eigenvalue weighted by Gasteiger charge is -2.69. The van der Waals surface area contributed by atoms with Crippen molar-refractivity contribution < 1.29 is 23.9 Å². The number of carbonyl (C=O) groups excluding carboxylic acids is 3. The minimum atomic E-state index is -0.834. The Labute approximate surface area is 176 Å². The highest BCUT2D eigenvalue weighted by molar-refractivity contribution is 6.18. The first-order chi connectivity index (χ1) is 13.8. The number of allylic oxidation sites excluding steroid dienone is 1. The molecule has 6 aliphatic rings. The first kappa shape index (κ1) is 19.6. The van der Waals surface area contributed by atoms with Gasteiger partial charge in [0, 0.05) is 11.3 Å². The van der Waals surface area contributed by atoms with Gasteiger partial charge in [-0.15, -0.1) is 11.6 Å². The molecule has 5 aliphatic carbocycles. The quantitative estimate of drug-likeness (QED) is 0.394. The summed E-state index contributed by atoms with van der Waals surface area (Å²) in [7, 11) is 0. The summed E-state index contributed by atoms with van der Waals surface area (Å²) in [5.74, 6) is -0.185. The summed E-state index contributed by atoms with van der Waals surface area (Å²) >= 11 is 5.77. The lowest BCUT2D eigenvalue weighted by atomic mass is 9.35. The van der Waals surface area contributed by atoms with Gasteiger partial charge in [0.05, 0.1) is 23.9 Å². The molecule has 6 rings (SSSR count). The van der Waals surface area contributed by atoms with Crippen molar-refractivity contribution in [1.29, 1.82) is 0 Å². The van der Waals surface area contributed by atoms with E-state index in [9.17, 15) is 14.4 Å². The molecule has 1 saturated heterocycles. The Kier molecular flexibility index (Phi) is 4.27. The van der Waals surface area contributed by atoms with Crippen LogP contribution >= 0.6 is 11.6 Å². The molecule has 6 heteroatoms. The molecule has 0 N–H and O–H groups in total. The second kappa shape index (κ2) is 6.32. The fraction of sp³-hybridized carbons (Fsp3) is 0.783. The van der Waals surface area contributed by atoms with Crippen molar-refractivity contribution in [2.24, 2.45) is 34.0 Å². The Morgan fingerprint density at radius 1 is 1.21 bits per heavy atom. The van der Waals surface area contributed by atoms with Gasteiger partial charge in [-0.05, 0) is 61.9 Å². The molecule has 1 heterocycles. The Bertz CT molecular complexity index is 807. The summed E-state index contributed by atoms with van der Waals surface area (Å²) in [5, 5.41) is 0. The molecule has 1 spiro atoms. The van der Waals surface area contributed by atoms with E-state index in [1.165, 1.54) is 0 Å². The van der Waals surface area contributed by atoms with Crippen LogP contribution in [-0.2, 0) is 23.9 Å². The van der Waals surface area contributed by atoms with Gasteiger partial charge in [0.15, 0.2) is 5.78 Å².